The minimum Gasteiger partial charge on any atom is -0.497 e. The summed E-state index contributed by atoms with van der Waals surface area (Å²) in [4.78, 5) is 37.8. The first-order valence-corrected chi connectivity index (χ1v) is 9.06. The molecule has 1 aromatic carbocycles. The number of imide groups is 1. The second-order valence-electron chi connectivity index (χ2n) is 6.41. The van der Waals surface area contributed by atoms with Crippen LogP contribution in [0.15, 0.2) is 42.7 Å². The fourth-order valence-electron chi connectivity index (χ4n) is 2.96. The van der Waals surface area contributed by atoms with Crippen LogP contribution in [0, 0.1) is 0 Å². The number of hydrogen-bond donors (Lipinski definition) is 2. The first kappa shape index (κ1) is 19.4. The molecule has 1 unspecified atom stereocenters. The number of aromatic nitrogens is 2. The van der Waals surface area contributed by atoms with Crippen LogP contribution < -0.4 is 15.4 Å². The highest BCUT2D eigenvalue weighted by atomic mass is 16.5. The molecule has 1 saturated heterocycles. The maximum Gasteiger partial charge on any atom is 0.324 e. The summed E-state index contributed by atoms with van der Waals surface area (Å²) < 4.78 is 6.81. The van der Waals surface area contributed by atoms with Gasteiger partial charge in [-0.15, -0.1) is 0 Å². The van der Waals surface area contributed by atoms with Gasteiger partial charge in [0.1, 0.15) is 11.8 Å². The zero-order valence-electron chi connectivity index (χ0n) is 15.6. The molecular formula is C19H23N5O4. The number of rotatable bonds is 9. The van der Waals surface area contributed by atoms with Crippen molar-refractivity contribution in [1.82, 2.24) is 25.3 Å². The van der Waals surface area contributed by atoms with Crippen LogP contribution in [0.2, 0.25) is 0 Å². The molecule has 4 amide bonds. The van der Waals surface area contributed by atoms with Crippen LogP contribution in [0.4, 0.5) is 4.79 Å². The number of methoxy groups -OCH3 is 1. The molecule has 1 atom stereocenters. The van der Waals surface area contributed by atoms with Crippen LogP contribution in [-0.4, -0.2) is 58.8 Å². The number of amides is 4. The van der Waals surface area contributed by atoms with E-state index in [9.17, 15) is 14.4 Å². The minimum absolute atomic E-state index is 0.0806. The van der Waals surface area contributed by atoms with Crippen LogP contribution in [0.3, 0.4) is 0 Å². The van der Waals surface area contributed by atoms with E-state index in [0.717, 1.165) is 16.2 Å². The first-order valence-electron chi connectivity index (χ1n) is 9.06. The van der Waals surface area contributed by atoms with E-state index in [0.29, 0.717) is 19.5 Å². The molecule has 1 aromatic heterocycles. The highest BCUT2D eigenvalue weighted by Crippen LogP contribution is 2.14. The van der Waals surface area contributed by atoms with Gasteiger partial charge in [-0.3, -0.25) is 19.2 Å². The molecule has 3 rings (SSSR count). The predicted molar refractivity (Wildman–Crippen MR) is 101 cm³/mol. The third-order valence-electron chi connectivity index (χ3n) is 4.50. The maximum atomic E-state index is 12.5. The van der Waals surface area contributed by atoms with E-state index in [1.165, 1.54) is 0 Å². The summed E-state index contributed by atoms with van der Waals surface area (Å²) in [6.07, 6.45) is 3.91. The standard InChI is InChI=1S/C19H23N5O4/c1-28-15-5-3-14(4-6-15)7-11-24-18(26)16(22-19(24)27)13-17(25)20-9-12-23-10-2-8-21-23/h2-6,8,10,16H,7,9,11-13H2,1H3,(H,20,25)(H,22,27). The van der Waals surface area contributed by atoms with Crippen molar-refractivity contribution in [3.8, 4) is 5.75 Å². The Morgan fingerprint density at radius 1 is 1.25 bits per heavy atom. The normalized spacial score (nSPS) is 16.2. The van der Waals surface area contributed by atoms with Gasteiger partial charge >= 0.3 is 6.03 Å². The maximum absolute atomic E-state index is 12.5. The van der Waals surface area contributed by atoms with E-state index < -0.39 is 12.1 Å². The average molecular weight is 385 g/mol. The van der Waals surface area contributed by atoms with E-state index in [1.807, 2.05) is 24.3 Å². The number of urea groups is 1. The van der Waals surface area contributed by atoms with Gasteiger partial charge in [0.25, 0.3) is 5.91 Å². The monoisotopic (exact) mass is 385 g/mol. The van der Waals surface area contributed by atoms with Gasteiger partial charge < -0.3 is 15.4 Å². The summed E-state index contributed by atoms with van der Waals surface area (Å²) in [6.45, 7) is 1.20. The lowest BCUT2D eigenvalue weighted by Crippen LogP contribution is -2.37. The molecule has 0 aliphatic carbocycles. The van der Waals surface area contributed by atoms with Crippen LogP contribution in [-0.2, 0) is 22.6 Å². The Balaban J connectivity index is 1.44. The largest absolute Gasteiger partial charge is 0.497 e. The van der Waals surface area contributed by atoms with Gasteiger partial charge in [-0.25, -0.2) is 4.79 Å². The van der Waals surface area contributed by atoms with Crippen LogP contribution in [0.1, 0.15) is 12.0 Å². The summed E-state index contributed by atoms with van der Waals surface area (Å²) in [7, 11) is 1.59. The van der Waals surface area contributed by atoms with Crippen LogP contribution in [0.25, 0.3) is 0 Å². The van der Waals surface area contributed by atoms with Crippen LogP contribution >= 0.6 is 0 Å². The van der Waals surface area contributed by atoms with Crippen molar-refractivity contribution in [2.75, 3.05) is 20.2 Å². The van der Waals surface area contributed by atoms with Crippen molar-refractivity contribution >= 4 is 17.8 Å². The summed E-state index contributed by atoms with van der Waals surface area (Å²) in [5.41, 5.74) is 0.987. The zero-order valence-corrected chi connectivity index (χ0v) is 15.6. The molecule has 9 nitrogen and oxygen atoms in total. The molecule has 28 heavy (non-hydrogen) atoms. The Labute approximate surface area is 162 Å². The number of carbonyl (C=O) groups is 3. The minimum atomic E-state index is -0.826. The number of hydrogen-bond acceptors (Lipinski definition) is 5. The number of benzene rings is 1. The molecule has 1 aliphatic rings. The number of nitrogens with zero attached hydrogens (tertiary/aromatic N) is 3. The number of nitrogens with one attached hydrogen (secondary N) is 2. The van der Waals surface area contributed by atoms with Gasteiger partial charge in [-0.1, -0.05) is 12.1 Å². The molecular weight excluding hydrogens is 362 g/mol. The summed E-state index contributed by atoms with van der Waals surface area (Å²) in [5, 5.41) is 9.36. The van der Waals surface area contributed by atoms with Gasteiger partial charge in [0.2, 0.25) is 5.91 Å². The molecule has 2 heterocycles. The van der Waals surface area contributed by atoms with Crippen molar-refractivity contribution in [2.45, 2.75) is 25.4 Å². The van der Waals surface area contributed by atoms with E-state index in [4.69, 9.17) is 4.74 Å². The Morgan fingerprint density at radius 2 is 2.04 bits per heavy atom. The molecule has 9 heteroatoms. The fraction of sp³-hybridized carbons (Fsp3) is 0.368. The third-order valence-corrected chi connectivity index (χ3v) is 4.50. The zero-order chi connectivity index (χ0) is 19.9. The molecule has 0 saturated carbocycles. The molecule has 1 fully saturated rings. The lowest BCUT2D eigenvalue weighted by molar-refractivity contribution is -0.130. The molecule has 2 aromatic rings. The van der Waals surface area contributed by atoms with Gasteiger partial charge in [0.15, 0.2) is 0 Å². The van der Waals surface area contributed by atoms with E-state index >= 15 is 0 Å². The SMILES string of the molecule is COc1ccc(CCN2C(=O)NC(CC(=O)NCCn3cccn3)C2=O)cc1. The van der Waals surface area contributed by atoms with Crippen molar-refractivity contribution in [2.24, 2.45) is 0 Å². The van der Waals surface area contributed by atoms with Crippen molar-refractivity contribution in [3.05, 3.63) is 48.3 Å². The summed E-state index contributed by atoms with van der Waals surface area (Å²) in [6, 6.07) is 7.95. The van der Waals surface area contributed by atoms with Gasteiger partial charge in [-0.2, -0.15) is 5.10 Å². The highest BCUT2D eigenvalue weighted by Gasteiger charge is 2.38. The Kier molecular flexibility index (Phi) is 6.25. The molecule has 2 N–H and O–H groups in total. The molecule has 148 valence electrons. The molecule has 0 bridgehead atoms. The van der Waals surface area contributed by atoms with E-state index in [2.05, 4.69) is 15.7 Å². The molecule has 0 radical (unpaired) electrons. The predicted octanol–water partition coefficient (Wildman–Crippen LogP) is 0.561. The lowest BCUT2D eigenvalue weighted by atomic mass is 10.1. The summed E-state index contributed by atoms with van der Waals surface area (Å²) >= 11 is 0. The first-order chi connectivity index (χ1) is 13.6. The second kappa shape index (κ2) is 9.03. The number of carbonyl (C=O) groups excluding carboxylic acids is 3. The van der Waals surface area contributed by atoms with Crippen molar-refractivity contribution < 1.29 is 19.1 Å². The quantitative estimate of drug-likeness (QED) is 0.614. The summed E-state index contributed by atoms with van der Waals surface area (Å²) in [5.74, 6) is 0.0842. The smallest absolute Gasteiger partial charge is 0.324 e. The van der Waals surface area contributed by atoms with E-state index in [-0.39, 0.29) is 24.8 Å². The Morgan fingerprint density at radius 3 is 2.71 bits per heavy atom. The van der Waals surface area contributed by atoms with Gasteiger partial charge in [0, 0.05) is 25.5 Å². The third kappa shape index (κ3) is 4.87. The molecule has 1 aliphatic heterocycles. The Hall–Kier alpha value is -3.36. The van der Waals surface area contributed by atoms with Crippen LogP contribution in [0.5, 0.6) is 5.75 Å². The fourth-order valence-corrected chi connectivity index (χ4v) is 2.96. The van der Waals surface area contributed by atoms with Crippen molar-refractivity contribution in [1.29, 1.82) is 0 Å². The molecule has 0 spiro atoms. The second-order valence-corrected chi connectivity index (χ2v) is 6.41. The number of ether oxygens (including phenoxy) is 1. The topological polar surface area (TPSA) is 106 Å². The van der Waals surface area contributed by atoms with Gasteiger partial charge in [0.05, 0.1) is 20.1 Å². The Bertz CT molecular complexity index is 819. The highest BCUT2D eigenvalue weighted by molar-refractivity contribution is 6.05. The van der Waals surface area contributed by atoms with Gasteiger partial charge in [-0.05, 0) is 30.2 Å². The average Bonchev–Trinajstić information content (AvgIpc) is 3.29. The lowest BCUT2D eigenvalue weighted by Gasteiger charge is -2.13. The van der Waals surface area contributed by atoms with E-state index in [1.54, 1.807) is 30.3 Å². The van der Waals surface area contributed by atoms with Crippen molar-refractivity contribution in [3.63, 3.8) is 0 Å².